The molecule has 9 heteroatoms. The van der Waals surface area contributed by atoms with Gasteiger partial charge < -0.3 is 28.5 Å². The molecular weight excluding hydrogens is 1210 g/mol. The molecule has 0 aliphatic carbocycles. The van der Waals surface area contributed by atoms with Crippen molar-refractivity contribution in [1.82, 2.24) is 0 Å². The molecule has 0 fully saturated rings. The lowest BCUT2D eigenvalue weighted by atomic mass is 10.0. The smallest absolute Gasteiger partial charge is 0.361 e. The molecule has 0 bridgehead atoms. The van der Waals surface area contributed by atoms with Crippen LogP contribution in [0.3, 0.4) is 0 Å². The SMILES string of the molecule is CC/C=C\C/C=C\C/C=C\C/C=C\C/C=C\C/C=C\C/C=C\C/C=C\C/C=C\C/C=C\CCCCC(=O)OC(COC(=O)CCCCCCCCCCCCCCCCCCCCCCCCCCCCCCCCCCCCCCCCCC)COC(OCC[N+](C)(C)C)C(=O)O. The van der Waals surface area contributed by atoms with Crippen molar-refractivity contribution in [2.75, 3.05) is 47.5 Å². The maximum absolute atomic E-state index is 13.0. The zero-order chi connectivity index (χ0) is 71.1. The number of ether oxygens (including phenoxy) is 4. The highest BCUT2D eigenvalue weighted by molar-refractivity contribution is 5.71. The van der Waals surface area contributed by atoms with Crippen LogP contribution in [0.1, 0.15) is 367 Å². The van der Waals surface area contributed by atoms with Crippen LogP contribution in [0.5, 0.6) is 0 Å². The highest BCUT2D eigenvalue weighted by Gasteiger charge is 2.25. The van der Waals surface area contributed by atoms with E-state index in [1.165, 1.54) is 238 Å². The second-order valence-corrected chi connectivity index (χ2v) is 28.7. The Balaban J connectivity index is 4.06. The fraction of sp³-hybridized carbons (Fsp3) is 0.742. The summed E-state index contributed by atoms with van der Waals surface area (Å²) in [6.07, 6.45) is 110. The number of quaternary nitrogens is 1. The Morgan fingerprint density at radius 1 is 0.316 bits per heavy atom. The van der Waals surface area contributed by atoms with E-state index in [0.717, 1.165) is 96.3 Å². The Bertz CT molecular complexity index is 2030. The van der Waals surface area contributed by atoms with E-state index >= 15 is 0 Å². The van der Waals surface area contributed by atoms with E-state index in [2.05, 4.69) is 135 Å². The van der Waals surface area contributed by atoms with Crippen LogP contribution in [0.15, 0.2) is 122 Å². The molecular formula is C89H156NO8+. The maximum atomic E-state index is 13.0. The molecule has 0 aromatic rings. The number of aliphatic carboxylic acids is 1. The number of carbonyl (C=O) groups is 3. The fourth-order valence-corrected chi connectivity index (χ4v) is 11.8. The van der Waals surface area contributed by atoms with Gasteiger partial charge in [-0.2, -0.15) is 0 Å². The first-order valence-electron chi connectivity index (χ1n) is 41.2. The third-order valence-electron chi connectivity index (χ3n) is 18.0. The molecule has 564 valence electrons. The van der Waals surface area contributed by atoms with Crippen molar-refractivity contribution >= 4 is 17.9 Å². The molecule has 0 heterocycles. The lowest BCUT2D eigenvalue weighted by Crippen LogP contribution is -2.40. The van der Waals surface area contributed by atoms with Gasteiger partial charge in [0.15, 0.2) is 6.10 Å². The molecule has 0 aromatic heterocycles. The number of carbonyl (C=O) groups excluding carboxylic acids is 2. The molecule has 0 spiro atoms. The van der Waals surface area contributed by atoms with Crippen molar-refractivity contribution in [2.45, 2.75) is 379 Å². The molecule has 0 aliphatic heterocycles. The van der Waals surface area contributed by atoms with Gasteiger partial charge in [0.05, 0.1) is 34.4 Å². The average molecular weight is 1370 g/mol. The Kier molecular flexibility index (Phi) is 75.0. The Hall–Kier alpha value is -4.31. The van der Waals surface area contributed by atoms with E-state index in [4.69, 9.17) is 18.9 Å². The number of unbranched alkanes of at least 4 members (excludes halogenated alkanes) is 41. The van der Waals surface area contributed by atoms with Gasteiger partial charge in [0.1, 0.15) is 13.2 Å². The molecule has 0 radical (unpaired) electrons. The van der Waals surface area contributed by atoms with Gasteiger partial charge in [0.25, 0.3) is 6.29 Å². The van der Waals surface area contributed by atoms with Crippen molar-refractivity contribution in [3.8, 4) is 0 Å². The number of allylic oxidation sites excluding steroid dienone is 20. The van der Waals surface area contributed by atoms with E-state index in [1.54, 1.807) is 0 Å². The van der Waals surface area contributed by atoms with Crippen LogP contribution in [-0.4, -0.2) is 87.4 Å². The molecule has 2 unspecified atom stereocenters. The van der Waals surface area contributed by atoms with Crippen molar-refractivity contribution in [3.05, 3.63) is 122 Å². The number of rotatable bonds is 76. The first-order valence-corrected chi connectivity index (χ1v) is 41.2. The number of hydrogen-bond acceptors (Lipinski definition) is 7. The van der Waals surface area contributed by atoms with E-state index in [0.29, 0.717) is 23.9 Å². The number of nitrogens with zero attached hydrogens (tertiary/aromatic N) is 1. The highest BCUT2D eigenvalue weighted by atomic mass is 16.7. The molecule has 0 saturated carbocycles. The predicted octanol–water partition coefficient (Wildman–Crippen LogP) is 26.6. The van der Waals surface area contributed by atoms with Gasteiger partial charge in [-0.15, -0.1) is 0 Å². The summed E-state index contributed by atoms with van der Waals surface area (Å²) in [6.45, 7) is 4.75. The minimum absolute atomic E-state index is 0.174. The van der Waals surface area contributed by atoms with Gasteiger partial charge in [-0.25, -0.2) is 4.79 Å². The Morgan fingerprint density at radius 3 is 0.867 bits per heavy atom. The second kappa shape index (κ2) is 78.4. The average Bonchev–Trinajstić information content (AvgIpc) is 1.14. The monoisotopic (exact) mass is 1370 g/mol. The molecule has 0 rings (SSSR count). The summed E-state index contributed by atoms with van der Waals surface area (Å²) >= 11 is 0. The zero-order valence-electron chi connectivity index (χ0n) is 64.7. The van der Waals surface area contributed by atoms with Crippen molar-refractivity contribution < 1.29 is 42.9 Å². The van der Waals surface area contributed by atoms with Crippen LogP contribution >= 0.6 is 0 Å². The standard InChI is InChI=1S/C89H155NO8/c1-6-8-10-12-14-16-18-20-22-24-26-28-30-32-34-36-38-40-41-42-43-44-45-46-48-49-51-53-55-57-59-61-63-65-67-69-71-73-75-77-79-86(91)96-83-85(84-97-89(88(93)94)95-82-81-90(3,4)5)98-87(92)80-78-76-74-72-70-68-66-64-62-60-58-56-54-52-50-47-39-37-35-33-31-29-27-25-23-21-19-17-15-13-11-9-7-2/h9,11,15,17,21,23,27,29,33,35,39,47,52,54,58,60,64,66,70,72,85,89H,6-8,10,12-14,16,18-20,22,24-26,28,30-32,34,36-38,40-46,48-51,53,55-57,59,61-63,65,67-69,71,73-84H2,1-5H3/p+1/b11-9-,17-15-,23-21-,29-27-,35-33-,47-39-,54-52-,60-58-,66-64-,72-70-. The summed E-state index contributed by atoms with van der Waals surface area (Å²) in [7, 11) is 5.97. The maximum Gasteiger partial charge on any atom is 0.361 e. The normalized spacial score (nSPS) is 13.3. The summed E-state index contributed by atoms with van der Waals surface area (Å²) in [5, 5.41) is 9.77. The molecule has 2 atom stereocenters. The van der Waals surface area contributed by atoms with Crippen LogP contribution < -0.4 is 0 Å². The lowest BCUT2D eigenvalue weighted by Gasteiger charge is -2.25. The van der Waals surface area contributed by atoms with Crippen LogP contribution in [0.4, 0.5) is 0 Å². The number of hydrogen-bond donors (Lipinski definition) is 1. The van der Waals surface area contributed by atoms with Crippen LogP contribution in [0.2, 0.25) is 0 Å². The summed E-state index contributed by atoms with van der Waals surface area (Å²) < 4.78 is 23.0. The van der Waals surface area contributed by atoms with Gasteiger partial charge >= 0.3 is 17.9 Å². The van der Waals surface area contributed by atoms with E-state index in [9.17, 15) is 19.5 Å². The van der Waals surface area contributed by atoms with Crippen molar-refractivity contribution in [2.24, 2.45) is 0 Å². The minimum Gasteiger partial charge on any atom is -0.477 e. The molecule has 9 nitrogen and oxygen atoms in total. The number of esters is 2. The van der Waals surface area contributed by atoms with Gasteiger partial charge in [0.2, 0.25) is 0 Å². The number of likely N-dealkylation sites (N-methyl/N-ethyl adjacent to an activating group) is 1. The van der Waals surface area contributed by atoms with Crippen LogP contribution in [-0.2, 0) is 33.3 Å². The van der Waals surface area contributed by atoms with Gasteiger partial charge in [-0.05, 0) is 89.9 Å². The van der Waals surface area contributed by atoms with Gasteiger partial charge in [-0.1, -0.05) is 386 Å². The first-order chi connectivity index (χ1) is 48.1. The Morgan fingerprint density at radius 2 is 0.582 bits per heavy atom. The summed E-state index contributed by atoms with van der Waals surface area (Å²) in [4.78, 5) is 37.7. The largest absolute Gasteiger partial charge is 0.477 e. The van der Waals surface area contributed by atoms with Gasteiger partial charge in [-0.3, -0.25) is 9.59 Å². The number of carboxylic acid groups (broad SMARTS) is 1. The van der Waals surface area contributed by atoms with Crippen molar-refractivity contribution in [3.63, 3.8) is 0 Å². The molecule has 0 aromatic carbocycles. The van der Waals surface area contributed by atoms with E-state index in [1.807, 2.05) is 21.1 Å². The molecule has 0 amide bonds. The second-order valence-electron chi connectivity index (χ2n) is 28.7. The third-order valence-corrected chi connectivity index (χ3v) is 18.0. The molecule has 1 N–H and O–H groups in total. The quantitative estimate of drug-likeness (QED) is 0.0211. The highest BCUT2D eigenvalue weighted by Crippen LogP contribution is 2.19. The third kappa shape index (κ3) is 79.0. The van der Waals surface area contributed by atoms with E-state index < -0.39 is 24.3 Å². The summed E-state index contributed by atoms with van der Waals surface area (Å²) in [5.74, 6) is -2.06. The number of carboxylic acids is 1. The summed E-state index contributed by atoms with van der Waals surface area (Å²) in [6, 6.07) is 0. The first kappa shape index (κ1) is 93.7. The Labute approximate surface area is 606 Å². The van der Waals surface area contributed by atoms with Crippen LogP contribution in [0.25, 0.3) is 0 Å². The fourth-order valence-electron chi connectivity index (χ4n) is 11.8. The van der Waals surface area contributed by atoms with E-state index in [-0.39, 0.29) is 32.2 Å². The molecule has 98 heavy (non-hydrogen) atoms. The topological polar surface area (TPSA) is 108 Å². The van der Waals surface area contributed by atoms with Gasteiger partial charge in [0, 0.05) is 12.8 Å². The van der Waals surface area contributed by atoms with Crippen LogP contribution in [0, 0.1) is 0 Å². The molecule has 0 aliphatic rings. The molecule has 0 saturated heterocycles. The lowest BCUT2D eigenvalue weighted by molar-refractivity contribution is -0.870. The van der Waals surface area contributed by atoms with Crippen molar-refractivity contribution in [1.29, 1.82) is 0 Å². The summed E-state index contributed by atoms with van der Waals surface area (Å²) in [5.41, 5.74) is 0. The predicted molar refractivity (Wildman–Crippen MR) is 424 cm³/mol. The minimum atomic E-state index is -1.53. The zero-order valence-corrected chi connectivity index (χ0v) is 64.7.